The van der Waals surface area contributed by atoms with Crippen LogP contribution in [0.3, 0.4) is 0 Å². The number of Topliss-reactive ketones (excluding diaryl/α,β-unsaturated/α-hetero) is 1. The lowest BCUT2D eigenvalue weighted by Crippen LogP contribution is -2.60. The number of carbonyl (C=O) groups excluding carboxylic acids is 2. The first-order valence-corrected chi connectivity index (χ1v) is 9.89. The molecule has 8 atom stereocenters. The van der Waals surface area contributed by atoms with E-state index in [2.05, 4.69) is 0 Å². The molecule has 4 aliphatic rings. The van der Waals surface area contributed by atoms with Gasteiger partial charge in [-0.3, -0.25) is 9.59 Å². The first-order chi connectivity index (χ1) is 12.0. The lowest BCUT2D eigenvalue weighted by Gasteiger charge is -2.59. The molecule has 0 heterocycles. The normalized spacial score (nSPS) is 53.4. The molecular formula is C21H30O5. The summed E-state index contributed by atoms with van der Waals surface area (Å²) in [4.78, 5) is 25.1. The van der Waals surface area contributed by atoms with E-state index in [9.17, 15) is 24.9 Å². The van der Waals surface area contributed by atoms with Gasteiger partial charge in [-0.05, 0) is 68.4 Å². The Morgan fingerprint density at radius 3 is 2.46 bits per heavy atom. The quantitative estimate of drug-likeness (QED) is 0.661. The molecule has 0 aromatic rings. The number of aliphatic hydroxyl groups excluding tert-OH is 2. The molecule has 4 aliphatic carbocycles. The van der Waals surface area contributed by atoms with Crippen molar-refractivity contribution in [2.24, 2.45) is 28.6 Å². The smallest absolute Gasteiger partial charge is 0.159 e. The van der Waals surface area contributed by atoms with Gasteiger partial charge in [0.15, 0.2) is 5.78 Å². The molecule has 5 nitrogen and oxygen atoms in total. The maximum atomic E-state index is 12.9. The van der Waals surface area contributed by atoms with Gasteiger partial charge >= 0.3 is 0 Å². The van der Waals surface area contributed by atoms with Crippen molar-refractivity contribution in [1.82, 2.24) is 0 Å². The highest BCUT2D eigenvalue weighted by molar-refractivity contribution is 5.95. The maximum absolute atomic E-state index is 12.9. The van der Waals surface area contributed by atoms with Crippen LogP contribution in [0.25, 0.3) is 0 Å². The fourth-order valence-electron chi connectivity index (χ4n) is 7.02. The van der Waals surface area contributed by atoms with Crippen LogP contribution in [0.2, 0.25) is 0 Å². The van der Waals surface area contributed by atoms with Gasteiger partial charge in [0.05, 0.1) is 17.8 Å². The molecule has 0 radical (unpaired) electrons. The van der Waals surface area contributed by atoms with E-state index in [0.717, 1.165) is 18.4 Å². The van der Waals surface area contributed by atoms with E-state index in [-0.39, 0.29) is 35.7 Å². The summed E-state index contributed by atoms with van der Waals surface area (Å²) < 4.78 is 0. The fourth-order valence-corrected chi connectivity index (χ4v) is 7.02. The number of carbonyl (C=O) groups is 2. The zero-order chi connectivity index (χ0) is 19.1. The van der Waals surface area contributed by atoms with E-state index in [1.54, 1.807) is 13.0 Å². The highest BCUT2D eigenvalue weighted by Gasteiger charge is 2.67. The van der Waals surface area contributed by atoms with Gasteiger partial charge in [0, 0.05) is 17.3 Å². The van der Waals surface area contributed by atoms with Gasteiger partial charge in [0.2, 0.25) is 0 Å². The van der Waals surface area contributed by atoms with Gasteiger partial charge in [0.25, 0.3) is 0 Å². The molecule has 3 fully saturated rings. The van der Waals surface area contributed by atoms with Gasteiger partial charge in [-0.2, -0.15) is 0 Å². The van der Waals surface area contributed by atoms with E-state index in [0.29, 0.717) is 19.3 Å². The largest absolute Gasteiger partial charge is 0.390 e. The maximum Gasteiger partial charge on any atom is 0.159 e. The Hall–Kier alpha value is -1.04. The van der Waals surface area contributed by atoms with Gasteiger partial charge in [0.1, 0.15) is 5.78 Å². The van der Waals surface area contributed by atoms with Crippen LogP contribution in [0.1, 0.15) is 59.3 Å². The molecule has 0 bridgehead atoms. The molecule has 3 saturated carbocycles. The Balaban J connectivity index is 1.80. The van der Waals surface area contributed by atoms with Crippen molar-refractivity contribution in [3.05, 3.63) is 11.6 Å². The minimum atomic E-state index is -1.13. The molecule has 26 heavy (non-hydrogen) atoms. The highest BCUT2D eigenvalue weighted by atomic mass is 16.3. The zero-order valence-corrected chi connectivity index (χ0v) is 15.9. The van der Waals surface area contributed by atoms with Gasteiger partial charge in [-0.15, -0.1) is 0 Å². The fraction of sp³-hybridized carbons (Fsp3) is 0.810. The first-order valence-electron chi connectivity index (χ1n) is 9.89. The summed E-state index contributed by atoms with van der Waals surface area (Å²) in [6, 6.07) is 0. The molecular weight excluding hydrogens is 332 g/mol. The number of ketones is 2. The minimum absolute atomic E-state index is 0.0103. The van der Waals surface area contributed by atoms with E-state index in [1.165, 1.54) is 0 Å². The third kappa shape index (κ3) is 2.08. The monoisotopic (exact) mass is 362 g/mol. The Kier molecular flexibility index (Phi) is 3.87. The third-order valence-electron chi connectivity index (χ3n) is 8.61. The lowest BCUT2D eigenvalue weighted by atomic mass is 9.46. The molecule has 144 valence electrons. The van der Waals surface area contributed by atoms with Gasteiger partial charge in [-0.1, -0.05) is 13.8 Å². The van der Waals surface area contributed by atoms with Crippen LogP contribution in [0.15, 0.2) is 11.6 Å². The van der Waals surface area contributed by atoms with Gasteiger partial charge < -0.3 is 15.3 Å². The average Bonchev–Trinajstić information content (AvgIpc) is 2.83. The van der Waals surface area contributed by atoms with Crippen LogP contribution >= 0.6 is 0 Å². The van der Waals surface area contributed by atoms with Gasteiger partial charge in [-0.25, -0.2) is 0 Å². The van der Waals surface area contributed by atoms with Crippen molar-refractivity contribution in [3.63, 3.8) is 0 Å². The van der Waals surface area contributed by atoms with Crippen molar-refractivity contribution in [1.29, 1.82) is 0 Å². The van der Waals surface area contributed by atoms with Crippen LogP contribution in [0.4, 0.5) is 0 Å². The van der Waals surface area contributed by atoms with E-state index < -0.39 is 28.6 Å². The number of hydrogen-bond donors (Lipinski definition) is 3. The predicted molar refractivity (Wildman–Crippen MR) is 95.1 cm³/mol. The average molecular weight is 362 g/mol. The summed E-state index contributed by atoms with van der Waals surface area (Å²) in [6.07, 6.45) is 3.29. The number of fused-ring (bicyclic) bond motifs is 5. The topological polar surface area (TPSA) is 94.8 Å². The van der Waals surface area contributed by atoms with Crippen LogP contribution in [-0.4, -0.2) is 44.7 Å². The zero-order valence-electron chi connectivity index (χ0n) is 15.9. The van der Waals surface area contributed by atoms with E-state index >= 15 is 0 Å². The number of allylic oxidation sites excluding steroid dienone is 1. The second-order valence-corrected chi connectivity index (χ2v) is 9.71. The summed E-state index contributed by atoms with van der Waals surface area (Å²) in [5, 5.41) is 32.1. The van der Waals surface area contributed by atoms with Crippen LogP contribution < -0.4 is 0 Å². The van der Waals surface area contributed by atoms with Crippen LogP contribution in [0, 0.1) is 28.6 Å². The summed E-state index contributed by atoms with van der Waals surface area (Å²) in [5.74, 6) is -0.406. The molecule has 0 aromatic heterocycles. The van der Waals surface area contributed by atoms with Crippen molar-refractivity contribution < 1.29 is 24.9 Å². The summed E-state index contributed by atoms with van der Waals surface area (Å²) >= 11 is 0. The Labute approximate surface area is 154 Å². The predicted octanol–water partition coefficient (Wildman–Crippen LogP) is 1.78. The van der Waals surface area contributed by atoms with Crippen LogP contribution in [-0.2, 0) is 9.59 Å². The molecule has 0 spiro atoms. The van der Waals surface area contributed by atoms with Crippen molar-refractivity contribution in [2.45, 2.75) is 77.1 Å². The Bertz CT molecular complexity index is 699. The second kappa shape index (κ2) is 5.49. The Morgan fingerprint density at radius 2 is 1.81 bits per heavy atom. The number of hydrogen-bond acceptors (Lipinski definition) is 5. The van der Waals surface area contributed by atoms with Crippen molar-refractivity contribution in [3.8, 4) is 0 Å². The molecule has 0 amide bonds. The molecule has 0 aliphatic heterocycles. The van der Waals surface area contributed by atoms with Crippen LogP contribution in [0.5, 0.6) is 0 Å². The number of aliphatic hydroxyl groups is 3. The third-order valence-corrected chi connectivity index (χ3v) is 8.61. The second-order valence-electron chi connectivity index (χ2n) is 9.71. The molecule has 3 N–H and O–H groups in total. The van der Waals surface area contributed by atoms with Crippen molar-refractivity contribution in [2.75, 3.05) is 0 Å². The SMILES string of the molecule is CC(=O)C1CC[C@@]2(O)C3=CC(=O)C4CC(O)C(O)C[C@]4(C)C3CC[C@]12C. The molecule has 5 unspecified atom stereocenters. The summed E-state index contributed by atoms with van der Waals surface area (Å²) in [7, 11) is 0. The highest BCUT2D eigenvalue weighted by Crippen LogP contribution is 2.67. The van der Waals surface area contributed by atoms with E-state index in [1.807, 2.05) is 13.8 Å². The molecule has 5 heteroatoms. The van der Waals surface area contributed by atoms with Crippen molar-refractivity contribution >= 4 is 11.6 Å². The Morgan fingerprint density at radius 1 is 1.12 bits per heavy atom. The molecule has 0 aromatic carbocycles. The molecule has 4 rings (SSSR count). The minimum Gasteiger partial charge on any atom is -0.390 e. The first kappa shape index (κ1) is 18.3. The summed E-state index contributed by atoms with van der Waals surface area (Å²) in [6.45, 7) is 5.64. The lowest BCUT2D eigenvalue weighted by molar-refractivity contribution is -0.153. The van der Waals surface area contributed by atoms with E-state index in [4.69, 9.17) is 0 Å². The summed E-state index contributed by atoms with van der Waals surface area (Å²) in [5.41, 5.74) is -1.33. The molecule has 0 saturated heterocycles. The number of rotatable bonds is 1. The standard InChI is InChI=1S/C21H30O5/c1-11(22)12-5-7-21(26)14-8-16(23)15-9-17(24)18(25)10-19(15,2)13(14)4-6-20(12,21)3/h8,12-13,15,17-18,24-26H,4-7,9-10H2,1-3H3/t12?,13?,15?,17?,18?,19-,20-,21-/m1/s1.